The minimum absolute atomic E-state index is 0.179. The average Bonchev–Trinajstić information content (AvgIpc) is 2.84. The van der Waals surface area contributed by atoms with E-state index in [4.69, 9.17) is 9.15 Å². The summed E-state index contributed by atoms with van der Waals surface area (Å²) in [6.07, 6.45) is 5.76. The lowest BCUT2D eigenvalue weighted by atomic mass is 9.53. The van der Waals surface area contributed by atoms with Crippen LogP contribution in [-0.2, 0) is 9.53 Å². The van der Waals surface area contributed by atoms with Crippen molar-refractivity contribution in [3.63, 3.8) is 0 Å². The van der Waals surface area contributed by atoms with Crippen LogP contribution in [-0.4, -0.2) is 29.6 Å². The Balaban J connectivity index is 1.33. The van der Waals surface area contributed by atoms with E-state index in [1.54, 1.807) is 20.8 Å². The van der Waals surface area contributed by atoms with Crippen LogP contribution < -0.4 is 10.6 Å². The fraction of sp³-hybridized carbons (Fsp3) is 0.682. The summed E-state index contributed by atoms with van der Waals surface area (Å²) in [4.78, 5) is 37.4. The Morgan fingerprint density at radius 2 is 1.55 bits per heavy atom. The highest BCUT2D eigenvalue weighted by Crippen LogP contribution is 2.55. The molecule has 1 unspecified atom stereocenters. The van der Waals surface area contributed by atoms with Crippen LogP contribution in [0.15, 0.2) is 4.42 Å². The van der Waals surface area contributed by atoms with Crippen LogP contribution in [0.1, 0.15) is 72.9 Å². The van der Waals surface area contributed by atoms with Crippen LogP contribution in [0, 0.1) is 38.5 Å². The molecule has 0 saturated heterocycles. The minimum atomic E-state index is -1.08. The number of nitrogens with one attached hydrogen (secondary N) is 2. The van der Waals surface area contributed by atoms with E-state index in [0.717, 1.165) is 19.3 Å². The van der Waals surface area contributed by atoms with Crippen molar-refractivity contribution in [1.82, 2.24) is 10.6 Å². The zero-order chi connectivity index (χ0) is 20.9. The molecule has 0 aromatic carbocycles. The van der Waals surface area contributed by atoms with Crippen molar-refractivity contribution in [1.29, 1.82) is 0 Å². The Morgan fingerprint density at radius 1 is 1.00 bits per heavy atom. The Labute approximate surface area is 170 Å². The zero-order valence-electron chi connectivity index (χ0n) is 17.6. The van der Waals surface area contributed by atoms with Gasteiger partial charge in [0.05, 0.1) is 0 Å². The summed E-state index contributed by atoms with van der Waals surface area (Å²) in [6, 6.07) is -0.494. The fourth-order valence-electron chi connectivity index (χ4n) is 6.12. The van der Waals surface area contributed by atoms with Gasteiger partial charge in [-0.3, -0.25) is 10.1 Å². The number of carbonyl (C=O) groups is 3. The van der Waals surface area contributed by atoms with E-state index >= 15 is 0 Å². The van der Waals surface area contributed by atoms with E-state index in [0.29, 0.717) is 40.4 Å². The number of imide groups is 1. The third kappa shape index (κ3) is 3.79. The Morgan fingerprint density at radius 3 is 2.03 bits per heavy atom. The Bertz CT molecular complexity index is 820. The van der Waals surface area contributed by atoms with Crippen LogP contribution in [0.4, 0.5) is 4.79 Å². The number of amides is 3. The number of aryl methyl sites for hydroxylation is 2. The summed E-state index contributed by atoms with van der Waals surface area (Å²) in [7, 11) is 0. The lowest BCUT2D eigenvalue weighted by Crippen LogP contribution is -2.62. The quantitative estimate of drug-likeness (QED) is 0.751. The molecule has 1 aromatic heterocycles. The van der Waals surface area contributed by atoms with E-state index in [2.05, 4.69) is 10.6 Å². The molecular weight excluding hydrogens is 372 g/mol. The second-order valence-electron chi connectivity index (χ2n) is 9.40. The predicted molar refractivity (Wildman–Crippen MR) is 105 cm³/mol. The van der Waals surface area contributed by atoms with Gasteiger partial charge in [0.15, 0.2) is 6.10 Å². The first-order valence-corrected chi connectivity index (χ1v) is 10.6. The van der Waals surface area contributed by atoms with Gasteiger partial charge >= 0.3 is 12.0 Å². The molecule has 5 rings (SSSR count). The van der Waals surface area contributed by atoms with Crippen molar-refractivity contribution in [3.8, 4) is 0 Å². The number of esters is 1. The highest BCUT2D eigenvalue weighted by molar-refractivity contribution is 5.99. The number of hydrogen-bond acceptors (Lipinski definition) is 5. The van der Waals surface area contributed by atoms with Gasteiger partial charge in [0.2, 0.25) is 0 Å². The van der Waals surface area contributed by atoms with E-state index in [1.165, 1.54) is 26.2 Å². The summed E-state index contributed by atoms with van der Waals surface area (Å²) in [6.45, 7) is 6.68. The molecular formula is C22H30N2O5. The van der Waals surface area contributed by atoms with Crippen molar-refractivity contribution in [3.05, 3.63) is 22.6 Å². The van der Waals surface area contributed by atoms with E-state index < -0.39 is 24.0 Å². The smallest absolute Gasteiger partial charge is 0.342 e. The van der Waals surface area contributed by atoms with Gasteiger partial charge in [-0.1, -0.05) is 0 Å². The third-order valence-corrected chi connectivity index (χ3v) is 7.07. The molecule has 7 heteroatoms. The van der Waals surface area contributed by atoms with Gasteiger partial charge in [0.1, 0.15) is 17.1 Å². The predicted octanol–water partition coefficient (Wildman–Crippen LogP) is 3.54. The van der Waals surface area contributed by atoms with Gasteiger partial charge in [-0.2, -0.15) is 0 Å². The zero-order valence-corrected chi connectivity index (χ0v) is 17.6. The lowest BCUT2D eigenvalue weighted by molar-refractivity contribution is -0.128. The molecule has 29 heavy (non-hydrogen) atoms. The van der Waals surface area contributed by atoms with Gasteiger partial charge in [0.25, 0.3) is 5.91 Å². The molecule has 1 heterocycles. The lowest BCUT2D eigenvalue weighted by Gasteiger charge is -2.56. The van der Waals surface area contributed by atoms with Crippen molar-refractivity contribution < 1.29 is 23.5 Å². The first kappa shape index (κ1) is 20.0. The first-order valence-electron chi connectivity index (χ1n) is 10.6. The fourth-order valence-corrected chi connectivity index (χ4v) is 6.12. The molecule has 0 radical (unpaired) electrons. The van der Waals surface area contributed by atoms with Crippen LogP contribution in [0.5, 0.6) is 0 Å². The SMILES string of the molecule is Cc1oc(C)c(C(=O)OC(C)C(=O)NC(=O)NC23CC4CC(CC(C4)C2)C3)c1C. The summed E-state index contributed by atoms with van der Waals surface area (Å²) in [5.41, 5.74) is 0.849. The van der Waals surface area contributed by atoms with Crippen LogP contribution in [0.2, 0.25) is 0 Å². The minimum Gasteiger partial charge on any atom is -0.465 e. The molecule has 4 bridgehead atoms. The molecule has 4 saturated carbocycles. The molecule has 1 aromatic rings. The van der Waals surface area contributed by atoms with Crippen LogP contribution >= 0.6 is 0 Å². The maximum Gasteiger partial charge on any atom is 0.342 e. The van der Waals surface area contributed by atoms with Crippen molar-refractivity contribution in [2.24, 2.45) is 17.8 Å². The Hall–Kier alpha value is -2.31. The number of hydrogen-bond donors (Lipinski definition) is 2. The van der Waals surface area contributed by atoms with Crippen molar-refractivity contribution in [2.75, 3.05) is 0 Å². The van der Waals surface area contributed by atoms with Gasteiger partial charge in [-0.05, 0) is 84.0 Å². The van der Waals surface area contributed by atoms with Crippen LogP contribution in [0.3, 0.4) is 0 Å². The van der Waals surface area contributed by atoms with Gasteiger partial charge in [-0.25, -0.2) is 9.59 Å². The first-order chi connectivity index (χ1) is 13.7. The second-order valence-corrected chi connectivity index (χ2v) is 9.40. The standard InChI is InChI=1S/C22H30N2O5/c1-11-12(2)28-13(3)18(11)20(26)29-14(4)19(25)23-21(27)24-22-8-15-5-16(9-22)7-17(6-15)10-22/h14-17H,5-10H2,1-4H3,(H2,23,24,25,27). The van der Waals surface area contributed by atoms with E-state index in [-0.39, 0.29) is 5.54 Å². The number of furan rings is 1. The number of rotatable bonds is 4. The largest absolute Gasteiger partial charge is 0.465 e. The van der Waals surface area contributed by atoms with Crippen molar-refractivity contribution in [2.45, 2.75) is 77.9 Å². The van der Waals surface area contributed by atoms with E-state index in [1.807, 2.05) is 0 Å². The summed E-state index contributed by atoms with van der Waals surface area (Å²) in [5.74, 6) is 1.93. The summed E-state index contributed by atoms with van der Waals surface area (Å²) in [5, 5.41) is 5.45. The molecule has 2 N–H and O–H groups in total. The van der Waals surface area contributed by atoms with Crippen LogP contribution in [0.25, 0.3) is 0 Å². The molecule has 4 aliphatic rings. The van der Waals surface area contributed by atoms with Gasteiger partial charge in [-0.15, -0.1) is 0 Å². The molecule has 7 nitrogen and oxygen atoms in total. The second kappa shape index (κ2) is 7.18. The molecule has 0 spiro atoms. The monoisotopic (exact) mass is 402 g/mol. The maximum absolute atomic E-state index is 12.5. The van der Waals surface area contributed by atoms with Gasteiger partial charge in [0, 0.05) is 11.1 Å². The summed E-state index contributed by atoms with van der Waals surface area (Å²) >= 11 is 0. The maximum atomic E-state index is 12.5. The topological polar surface area (TPSA) is 97.6 Å². The number of urea groups is 1. The van der Waals surface area contributed by atoms with Crippen molar-refractivity contribution >= 4 is 17.9 Å². The molecule has 158 valence electrons. The Kier molecular flexibility index (Phi) is 4.95. The molecule has 1 atom stereocenters. The molecule has 4 aliphatic carbocycles. The third-order valence-electron chi connectivity index (χ3n) is 7.07. The average molecular weight is 402 g/mol. The molecule has 4 fully saturated rings. The molecule has 0 aliphatic heterocycles. The number of carbonyl (C=O) groups excluding carboxylic acids is 3. The summed E-state index contributed by atoms with van der Waals surface area (Å²) < 4.78 is 10.7. The normalized spacial score (nSPS) is 30.7. The number of ether oxygens (including phenoxy) is 1. The highest BCUT2D eigenvalue weighted by atomic mass is 16.5. The molecule has 3 amide bonds. The van der Waals surface area contributed by atoms with E-state index in [9.17, 15) is 14.4 Å². The highest BCUT2D eigenvalue weighted by Gasteiger charge is 2.51. The van der Waals surface area contributed by atoms with Gasteiger partial charge < -0.3 is 14.5 Å².